The van der Waals surface area contributed by atoms with Crippen molar-refractivity contribution in [1.29, 1.82) is 0 Å². The van der Waals surface area contributed by atoms with Crippen molar-refractivity contribution < 1.29 is 9.59 Å². The number of rotatable bonds is 5. The van der Waals surface area contributed by atoms with E-state index in [1.165, 1.54) is 11.3 Å². The molecule has 1 N–H and O–H groups in total. The number of nitrogens with zero attached hydrogens (tertiary/aromatic N) is 2. The summed E-state index contributed by atoms with van der Waals surface area (Å²) in [6.07, 6.45) is 0.278. The number of thiazole rings is 1. The maximum absolute atomic E-state index is 12.6. The Morgan fingerprint density at radius 2 is 2.00 bits per heavy atom. The zero-order valence-corrected chi connectivity index (χ0v) is 16.5. The highest BCUT2D eigenvalue weighted by Crippen LogP contribution is 2.42. The second-order valence-electron chi connectivity index (χ2n) is 5.97. The lowest BCUT2D eigenvalue weighted by atomic mass is 10.1. The molecule has 1 aliphatic rings. The van der Waals surface area contributed by atoms with Gasteiger partial charge < -0.3 is 10.2 Å². The van der Waals surface area contributed by atoms with Crippen LogP contribution in [-0.4, -0.2) is 34.8 Å². The summed E-state index contributed by atoms with van der Waals surface area (Å²) in [7, 11) is 0. The third-order valence-corrected chi connectivity index (χ3v) is 7.22. The maximum Gasteiger partial charge on any atom is 0.231 e. The second-order valence-corrected chi connectivity index (χ2v) is 8.87. The van der Waals surface area contributed by atoms with Crippen LogP contribution in [-0.2, 0) is 9.59 Å². The Balaban J connectivity index is 1.59. The molecule has 3 aromatic rings. The summed E-state index contributed by atoms with van der Waals surface area (Å²) in [5, 5.41) is 7.58. The van der Waals surface area contributed by atoms with Crippen LogP contribution in [0.2, 0.25) is 0 Å². The SMILES string of the molecule is CCN1C[C@H](C(=O)Nc2nc(-c3cccs3)c(-c3cccs3)s2)CC1=O. The van der Waals surface area contributed by atoms with Crippen LogP contribution in [0.1, 0.15) is 13.3 Å². The Morgan fingerprint density at radius 3 is 2.62 bits per heavy atom. The molecule has 26 heavy (non-hydrogen) atoms. The minimum Gasteiger partial charge on any atom is -0.342 e. The molecule has 3 aromatic heterocycles. The van der Waals surface area contributed by atoms with Crippen molar-refractivity contribution in [2.45, 2.75) is 13.3 Å². The van der Waals surface area contributed by atoms with Gasteiger partial charge >= 0.3 is 0 Å². The molecule has 4 rings (SSSR count). The zero-order valence-electron chi connectivity index (χ0n) is 14.1. The molecule has 0 saturated carbocycles. The maximum atomic E-state index is 12.6. The number of aromatic nitrogens is 1. The first-order valence-corrected chi connectivity index (χ1v) is 10.9. The third-order valence-electron chi connectivity index (χ3n) is 4.32. The summed E-state index contributed by atoms with van der Waals surface area (Å²) in [6.45, 7) is 3.06. The number of hydrogen-bond acceptors (Lipinski definition) is 6. The van der Waals surface area contributed by atoms with Crippen LogP contribution in [0.3, 0.4) is 0 Å². The Morgan fingerprint density at radius 1 is 1.27 bits per heavy atom. The van der Waals surface area contributed by atoms with Crippen LogP contribution in [0.15, 0.2) is 35.0 Å². The minimum absolute atomic E-state index is 0.0466. The van der Waals surface area contributed by atoms with Crippen molar-refractivity contribution in [3.05, 3.63) is 35.0 Å². The van der Waals surface area contributed by atoms with Gasteiger partial charge in [0.1, 0.15) is 5.69 Å². The van der Waals surface area contributed by atoms with E-state index in [1.807, 2.05) is 35.9 Å². The predicted molar refractivity (Wildman–Crippen MR) is 108 cm³/mol. The lowest BCUT2D eigenvalue weighted by molar-refractivity contribution is -0.128. The van der Waals surface area contributed by atoms with Gasteiger partial charge in [-0.3, -0.25) is 9.59 Å². The van der Waals surface area contributed by atoms with Gasteiger partial charge in [0, 0.05) is 24.4 Å². The van der Waals surface area contributed by atoms with E-state index in [1.54, 1.807) is 27.6 Å². The van der Waals surface area contributed by atoms with Crippen LogP contribution < -0.4 is 5.32 Å². The van der Waals surface area contributed by atoms with E-state index in [9.17, 15) is 9.59 Å². The minimum atomic E-state index is -0.304. The average molecular weight is 404 g/mol. The van der Waals surface area contributed by atoms with Crippen LogP contribution in [0.25, 0.3) is 20.3 Å². The fourth-order valence-corrected chi connectivity index (χ4v) is 5.61. The Kier molecular flexibility index (Phi) is 4.88. The molecule has 0 bridgehead atoms. The number of likely N-dealkylation sites (tertiary alicyclic amines) is 1. The molecule has 1 aliphatic heterocycles. The van der Waals surface area contributed by atoms with Crippen LogP contribution >= 0.6 is 34.0 Å². The summed E-state index contributed by atoms with van der Waals surface area (Å²) in [6, 6.07) is 8.12. The van der Waals surface area contributed by atoms with Crippen molar-refractivity contribution in [3.8, 4) is 20.3 Å². The van der Waals surface area contributed by atoms with Crippen molar-refractivity contribution in [3.63, 3.8) is 0 Å². The smallest absolute Gasteiger partial charge is 0.231 e. The van der Waals surface area contributed by atoms with Gasteiger partial charge in [-0.15, -0.1) is 22.7 Å². The van der Waals surface area contributed by atoms with Gasteiger partial charge in [0.15, 0.2) is 5.13 Å². The van der Waals surface area contributed by atoms with Crippen LogP contribution in [0.5, 0.6) is 0 Å². The summed E-state index contributed by atoms with van der Waals surface area (Å²) >= 11 is 4.78. The van der Waals surface area contributed by atoms with Crippen LogP contribution in [0.4, 0.5) is 5.13 Å². The second kappa shape index (κ2) is 7.30. The normalized spacial score (nSPS) is 17.0. The van der Waals surface area contributed by atoms with Crippen molar-refractivity contribution in [2.24, 2.45) is 5.92 Å². The Hall–Kier alpha value is -2.03. The van der Waals surface area contributed by atoms with Gasteiger partial charge in [-0.05, 0) is 29.8 Å². The largest absolute Gasteiger partial charge is 0.342 e. The zero-order chi connectivity index (χ0) is 18.1. The van der Waals surface area contributed by atoms with Gasteiger partial charge in [0.25, 0.3) is 0 Å². The van der Waals surface area contributed by atoms with E-state index < -0.39 is 0 Å². The van der Waals surface area contributed by atoms with Crippen LogP contribution in [0, 0.1) is 5.92 Å². The summed E-state index contributed by atoms with van der Waals surface area (Å²) in [5.41, 5.74) is 0.903. The highest BCUT2D eigenvalue weighted by Gasteiger charge is 2.34. The number of anilines is 1. The molecule has 2 amide bonds. The number of amides is 2. The average Bonchev–Trinajstić information content (AvgIpc) is 3.40. The van der Waals surface area contributed by atoms with E-state index in [4.69, 9.17) is 0 Å². The van der Waals surface area contributed by atoms with Gasteiger partial charge in [0.05, 0.1) is 15.7 Å². The molecule has 1 saturated heterocycles. The lowest BCUT2D eigenvalue weighted by Crippen LogP contribution is -2.28. The number of thiophene rings is 2. The lowest BCUT2D eigenvalue weighted by Gasteiger charge is -2.12. The van der Waals surface area contributed by atoms with E-state index in [0.717, 1.165) is 20.3 Å². The van der Waals surface area contributed by atoms with Crippen molar-refractivity contribution in [2.75, 3.05) is 18.4 Å². The molecule has 0 aliphatic carbocycles. The monoisotopic (exact) mass is 403 g/mol. The van der Waals surface area contributed by atoms with Crippen molar-refractivity contribution in [1.82, 2.24) is 9.88 Å². The molecule has 0 unspecified atom stereocenters. The summed E-state index contributed by atoms with van der Waals surface area (Å²) < 4.78 is 0. The highest BCUT2D eigenvalue weighted by molar-refractivity contribution is 7.24. The fraction of sp³-hybridized carbons (Fsp3) is 0.278. The topological polar surface area (TPSA) is 62.3 Å². The van der Waals surface area contributed by atoms with E-state index >= 15 is 0 Å². The molecule has 8 heteroatoms. The number of nitrogens with one attached hydrogen (secondary N) is 1. The van der Waals surface area contributed by atoms with Crippen molar-refractivity contribution >= 4 is 51.0 Å². The van der Waals surface area contributed by atoms with Gasteiger partial charge in [-0.25, -0.2) is 4.98 Å². The van der Waals surface area contributed by atoms with E-state index in [0.29, 0.717) is 18.2 Å². The standard InChI is InChI=1S/C18H17N3O2S3/c1-2-21-10-11(9-14(21)22)17(23)20-18-19-15(12-5-3-7-24-12)16(26-18)13-6-4-8-25-13/h3-8,11H,2,9-10H2,1H3,(H,19,20,23)/t11-/m1/s1. The first kappa shape index (κ1) is 17.4. The molecule has 0 aromatic carbocycles. The van der Waals surface area contributed by atoms with Gasteiger partial charge in [0.2, 0.25) is 11.8 Å². The quantitative estimate of drug-likeness (QED) is 0.686. The molecule has 4 heterocycles. The summed E-state index contributed by atoms with van der Waals surface area (Å²) in [5.74, 6) is -0.384. The van der Waals surface area contributed by atoms with Gasteiger partial charge in [-0.2, -0.15) is 0 Å². The molecule has 0 radical (unpaired) electrons. The molecule has 134 valence electrons. The number of carbonyl (C=O) groups excluding carboxylic acids is 2. The highest BCUT2D eigenvalue weighted by atomic mass is 32.1. The molecule has 5 nitrogen and oxygen atoms in total. The molecule has 0 spiro atoms. The molecular formula is C18H17N3O2S3. The predicted octanol–water partition coefficient (Wildman–Crippen LogP) is 4.41. The number of hydrogen-bond donors (Lipinski definition) is 1. The number of carbonyl (C=O) groups is 2. The molecular weight excluding hydrogens is 386 g/mol. The Bertz CT molecular complexity index is 864. The fourth-order valence-electron chi connectivity index (χ4n) is 2.99. The first-order valence-electron chi connectivity index (χ1n) is 8.33. The third kappa shape index (κ3) is 3.32. The van der Waals surface area contributed by atoms with Gasteiger partial charge in [-0.1, -0.05) is 23.5 Å². The molecule has 1 atom stereocenters. The molecule has 1 fully saturated rings. The van der Waals surface area contributed by atoms with E-state index in [-0.39, 0.29) is 24.2 Å². The Labute approximate surface area is 163 Å². The summed E-state index contributed by atoms with van der Waals surface area (Å²) in [4.78, 5) is 34.2. The van der Waals surface area contributed by atoms with E-state index in [2.05, 4.69) is 16.4 Å². The first-order chi connectivity index (χ1) is 12.7.